The number of nitrogens with one attached hydrogen (secondary N) is 1. The fraction of sp³-hybridized carbons (Fsp3) is 0.389. The molecule has 1 unspecified atom stereocenters. The number of aromatic amines is 1. The van der Waals surface area contributed by atoms with Crippen LogP contribution in [0.1, 0.15) is 38.1 Å². The van der Waals surface area contributed by atoms with E-state index in [1.54, 1.807) is 6.33 Å². The van der Waals surface area contributed by atoms with Crippen LogP contribution in [-0.2, 0) is 0 Å². The molecule has 1 N–H and O–H groups in total. The molecule has 23 heavy (non-hydrogen) atoms. The fourth-order valence-electron chi connectivity index (χ4n) is 3.81. The Kier molecular flexibility index (Phi) is 3.58. The van der Waals surface area contributed by atoms with Crippen LogP contribution in [0.15, 0.2) is 37.1 Å². The molecular formula is C18H19N5. The molecule has 5 nitrogen and oxygen atoms in total. The Morgan fingerprint density at radius 2 is 2.17 bits per heavy atom. The van der Waals surface area contributed by atoms with Gasteiger partial charge >= 0.3 is 0 Å². The lowest BCUT2D eigenvalue weighted by Gasteiger charge is -2.22. The summed E-state index contributed by atoms with van der Waals surface area (Å²) in [6, 6.07) is 6.74. The smallest absolute Gasteiger partial charge is 0.141 e. The second-order valence-electron chi connectivity index (χ2n) is 6.28. The zero-order valence-corrected chi connectivity index (χ0v) is 12.9. The summed E-state index contributed by atoms with van der Waals surface area (Å²) in [6.07, 6.45) is 13.3. The first-order chi connectivity index (χ1) is 11.4. The Labute approximate surface area is 135 Å². The summed E-state index contributed by atoms with van der Waals surface area (Å²) in [5.74, 6) is 0.618. The first-order valence-corrected chi connectivity index (χ1v) is 8.19. The quantitative estimate of drug-likeness (QED) is 0.789. The normalized spacial score (nSPS) is 16.7. The molecule has 3 aromatic rings. The Hall–Kier alpha value is -2.61. The van der Waals surface area contributed by atoms with E-state index in [2.05, 4.69) is 44.0 Å². The highest BCUT2D eigenvalue weighted by atomic mass is 15.0. The highest BCUT2D eigenvalue weighted by molar-refractivity contribution is 5.90. The maximum absolute atomic E-state index is 9.21. The predicted molar refractivity (Wildman–Crippen MR) is 88.5 cm³/mol. The van der Waals surface area contributed by atoms with Crippen LogP contribution in [0, 0.1) is 17.2 Å². The highest BCUT2D eigenvalue weighted by Crippen LogP contribution is 2.37. The fourth-order valence-corrected chi connectivity index (χ4v) is 3.81. The molecule has 0 bridgehead atoms. The zero-order valence-electron chi connectivity index (χ0n) is 12.9. The third-order valence-electron chi connectivity index (χ3n) is 4.97. The van der Waals surface area contributed by atoms with Crippen molar-refractivity contribution in [1.29, 1.82) is 5.26 Å². The average molecular weight is 305 g/mol. The maximum Gasteiger partial charge on any atom is 0.141 e. The lowest BCUT2D eigenvalue weighted by Crippen LogP contribution is -2.15. The molecule has 0 spiro atoms. The number of hydrogen-bond acceptors (Lipinski definition) is 3. The van der Waals surface area contributed by atoms with Crippen LogP contribution in [-0.4, -0.2) is 19.5 Å². The molecule has 1 aliphatic rings. The average Bonchev–Trinajstić information content (AvgIpc) is 3.32. The molecule has 116 valence electrons. The van der Waals surface area contributed by atoms with E-state index in [9.17, 15) is 5.26 Å². The number of H-pyrrole nitrogens is 1. The van der Waals surface area contributed by atoms with E-state index >= 15 is 0 Å². The van der Waals surface area contributed by atoms with Crippen LogP contribution in [0.5, 0.6) is 0 Å². The summed E-state index contributed by atoms with van der Waals surface area (Å²) in [4.78, 5) is 11.8. The molecule has 0 aliphatic heterocycles. The van der Waals surface area contributed by atoms with Crippen molar-refractivity contribution >= 4 is 11.0 Å². The van der Waals surface area contributed by atoms with Gasteiger partial charge in [-0.3, -0.25) is 0 Å². The molecule has 1 atom stereocenters. The van der Waals surface area contributed by atoms with Gasteiger partial charge in [0.25, 0.3) is 0 Å². The van der Waals surface area contributed by atoms with Gasteiger partial charge in [-0.05, 0) is 30.9 Å². The van der Waals surface area contributed by atoms with Crippen LogP contribution in [0.2, 0.25) is 0 Å². The molecule has 1 saturated carbocycles. The largest absolute Gasteiger partial charge is 0.349 e. The molecule has 1 fully saturated rings. The van der Waals surface area contributed by atoms with Crippen molar-refractivity contribution in [2.75, 3.05) is 0 Å². The minimum atomic E-state index is 0.278. The molecule has 4 rings (SSSR count). The Morgan fingerprint density at radius 3 is 3.00 bits per heavy atom. The van der Waals surface area contributed by atoms with E-state index in [0.29, 0.717) is 12.3 Å². The molecule has 0 amide bonds. The minimum Gasteiger partial charge on any atom is -0.349 e. The summed E-state index contributed by atoms with van der Waals surface area (Å²) < 4.78 is 2.22. The van der Waals surface area contributed by atoms with Crippen molar-refractivity contribution in [3.63, 3.8) is 0 Å². The number of hydrogen-bond donors (Lipinski definition) is 1. The van der Waals surface area contributed by atoms with Gasteiger partial charge in [0.15, 0.2) is 0 Å². The third kappa shape index (κ3) is 2.50. The van der Waals surface area contributed by atoms with Crippen molar-refractivity contribution in [2.45, 2.75) is 38.1 Å². The van der Waals surface area contributed by atoms with E-state index in [0.717, 1.165) is 22.3 Å². The van der Waals surface area contributed by atoms with Crippen molar-refractivity contribution < 1.29 is 0 Å². The van der Waals surface area contributed by atoms with Gasteiger partial charge in [0.05, 0.1) is 18.2 Å². The Morgan fingerprint density at radius 1 is 1.30 bits per heavy atom. The van der Waals surface area contributed by atoms with E-state index < -0.39 is 0 Å². The molecule has 0 aromatic carbocycles. The van der Waals surface area contributed by atoms with Crippen molar-refractivity contribution in [3.05, 3.63) is 37.1 Å². The van der Waals surface area contributed by atoms with E-state index in [-0.39, 0.29) is 6.04 Å². The summed E-state index contributed by atoms with van der Waals surface area (Å²) >= 11 is 0. The lowest BCUT2D eigenvalue weighted by molar-refractivity contribution is 0.340. The highest BCUT2D eigenvalue weighted by Gasteiger charge is 2.26. The number of fused-ring (bicyclic) bond motifs is 1. The number of rotatable bonds is 4. The molecule has 3 heterocycles. The zero-order chi connectivity index (χ0) is 15.6. The molecule has 5 heteroatoms. The lowest BCUT2D eigenvalue weighted by atomic mass is 9.95. The SMILES string of the molecule is N#CCC(C1CCCC1)n1ccc(-c2ncnc3[nH]ccc23)c1. The third-order valence-corrected chi connectivity index (χ3v) is 4.97. The Balaban J connectivity index is 1.70. The summed E-state index contributed by atoms with van der Waals surface area (Å²) in [7, 11) is 0. The van der Waals surface area contributed by atoms with Gasteiger partial charge in [0.1, 0.15) is 12.0 Å². The van der Waals surface area contributed by atoms with Gasteiger partial charge in [0, 0.05) is 35.6 Å². The monoisotopic (exact) mass is 305 g/mol. The van der Waals surface area contributed by atoms with Crippen molar-refractivity contribution in [2.24, 2.45) is 5.92 Å². The molecule has 0 radical (unpaired) electrons. The first-order valence-electron chi connectivity index (χ1n) is 8.19. The second-order valence-corrected chi connectivity index (χ2v) is 6.28. The van der Waals surface area contributed by atoms with Gasteiger partial charge in [-0.25, -0.2) is 9.97 Å². The summed E-state index contributed by atoms with van der Waals surface area (Å²) in [5.41, 5.74) is 2.88. The van der Waals surface area contributed by atoms with Gasteiger partial charge in [-0.2, -0.15) is 5.26 Å². The van der Waals surface area contributed by atoms with E-state index in [4.69, 9.17) is 0 Å². The predicted octanol–water partition coefficient (Wildman–Crippen LogP) is 4.07. The van der Waals surface area contributed by atoms with Crippen molar-refractivity contribution in [1.82, 2.24) is 19.5 Å². The molecule has 3 aromatic heterocycles. The topological polar surface area (TPSA) is 70.3 Å². The van der Waals surface area contributed by atoms with Crippen LogP contribution < -0.4 is 0 Å². The van der Waals surface area contributed by atoms with Crippen LogP contribution >= 0.6 is 0 Å². The molecule has 0 saturated heterocycles. The van der Waals surface area contributed by atoms with Gasteiger partial charge in [-0.1, -0.05) is 12.8 Å². The summed E-state index contributed by atoms with van der Waals surface area (Å²) in [6.45, 7) is 0. The second kappa shape index (κ2) is 5.88. The van der Waals surface area contributed by atoms with Gasteiger partial charge in [-0.15, -0.1) is 0 Å². The Bertz CT molecular complexity index is 848. The van der Waals surface area contributed by atoms with Crippen LogP contribution in [0.4, 0.5) is 0 Å². The summed E-state index contributed by atoms with van der Waals surface area (Å²) in [5, 5.41) is 10.2. The van der Waals surface area contributed by atoms with E-state index in [1.165, 1.54) is 25.7 Å². The number of nitrogens with zero attached hydrogens (tertiary/aromatic N) is 4. The van der Waals surface area contributed by atoms with Gasteiger partial charge in [0.2, 0.25) is 0 Å². The molecule has 1 aliphatic carbocycles. The molecular weight excluding hydrogens is 286 g/mol. The minimum absolute atomic E-state index is 0.278. The van der Waals surface area contributed by atoms with Crippen LogP contribution in [0.25, 0.3) is 22.3 Å². The maximum atomic E-state index is 9.21. The van der Waals surface area contributed by atoms with Gasteiger partial charge < -0.3 is 9.55 Å². The number of aromatic nitrogens is 4. The standard InChI is InChI=1S/C18H19N5/c19-8-5-16(13-3-1-2-4-13)23-10-7-14(11-23)17-15-6-9-20-18(15)22-12-21-17/h6-7,9-13,16H,1-5H2,(H,20,21,22). The van der Waals surface area contributed by atoms with E-state index in [1.807, 2.05) is 12.3 Å². The van der Waals surface area contributed by atoms with Crippen LogP contribution in [0.3, 0.4) is 0 Å². The number of nitriles is 1. The van der Waals surface area contributed by atoms with Crippen molar-refractivity contribution in [3.8, 4) is 17.3 Å². The first kappa shape index (κ1) is 14.0.